The maximum Gasteiger partial charge on any atom is 0.240 e. The van der Waals surface area contributed by atoms with E-state index in [1.165, 1.54) is 5.56 Å². The number of nitrogens with one attached hydrogen (secondary N) is 2. The van der Waals surface area contributed by atoms with E-state index in [2.05, 4.69) is 73.6 Å². The maximum absolute atomic E-state index is 13.7. The van der Waals surface area contributed by atoms with Crippen LogP contribution in [0.2, 0.25) is 0 Å². The molecule has 1 aromatic carbocycles. The minimum atomic E-state index is -0.648. The van der Waals surface area contributed by atoms with E-state index in [-0.39, 0.29) is 29.7 Å². The van der Waals surface area contributed by atoms with Crippen LogP contribution in [0.5, 0.6) is 0 Å². The Labute approximate surface area is 187 Å². The van der Waals surface area contributed by atoms with Crippen LogP contribution in [0.3, 0.4) is 0 Å². The second-order valence-corrected chi connectivity index (χ2v) is 11.0. The summed E-state index contributed by atoms with van der Waals surface area (Å²) in [6, 6.07) is 10.7. The van der Waals surface area contributed by atoms with Crippen molar-refractivity contribution in [2.45, 2.75) is 71.6 Å². The highest BCUT2D eigenvalue weighted by Crippen LogP contribution is 2.56. The quantitative estimate of drug-likeness (QED) is 0.671. The molecule has 4 aliphatic rings. The molecule has 1 saturated carbocycles. The third-order valence-electron chi connectivity index (χ3n) is 7.72. The zero-order chi connectivity index (χ0) is 22.3. The number of benzene rings is 1. The summed E-state index contributed by atoms with van der Waals surface area (Å²) in [6.07, 6.45) is 1.83. The number of amides is 1. The Morgan fingerprint density at radius 3 is 2.48 bits per heavy atom. The van der Waals surface area contributed by atoms with Gasteiger partial charge in [0, 0.05) is 37.5 Å². The van der Waals surface area contributed by atoms with E-state index in [1.807, 2.05) is 0 Å². The molecule has 5 rings (SSSR count). The van der Waals surface area contributed by atoms with Crippen LogP contribution in [0, 0.1) is 29.6 Å². The molecule has 4 bridgehead atoms. The molecule has 3 heterocycles. The van der Waals surface area contributed by atoms with Crippen molar-refractivity contribution in [3.63, 3.8) is 0 Å². The summed E-state index contributed by atoms with van der Waals surface area (Å²) in [5.74, 6) is 2.07. The molecule has 0 aromatic heterocycles. The van der Waals surface area contributed by atoms with E-state index in [1.54, 1.807) is 6.92 Å². The van der Waals surface area contributed by atoms with Crippen LogP contribution in [-0.4, -0.2) is 47.3 Å². The SMILES string of the molecule is CC(=O)C1NC2(C(=O)NCC(C)C)CC3CN(Cc4ccccc4)C(C31)C2CC(C)C. The van der Waals surface area contributed by atoms with Crippen LogP contribution in [-0.2, 0) is 16.1 Å². The number of fused-ring (bicyclic) bond motifs is 1. The number of rotatable bonds is 8. The first-order chi connectivity index (χ1) is 14.7. The Morgan fingerprint density at radius 1 is 1.16 bits per heavy atom. The van der Waals surface area contributed by atoms with Crippen molar-refractivity contribution in [2.24, 2.45) is 29.6 Å². The highest BCUT2D eigenvalue weighted by molar-refractivity contribution is 5.90. The lowest BCUT2D eigenvalue weighted by molar-refractivity contribution is -0.147. The van der Waals surface area contributed by atoms with E-state index < -0.39 is 5.54 Å². The summed E-state index contributed by atoms with van der Waals surface area (Å²) in [4.78, 5) is 29.0. The molecule has 1 amide bonds. The largest absolute Gasteiger partial charge is 0.354 e. The standard InChI is InChI=1S/C26H39N3O2/c1-16(2)11-21-24-22-20(15-29(24)14-19-9-7-6-8-10-19)12-26(21,28-23(22)18(5)30)25(31)27-13-17(3)4/h6-10,16-17,20-24,28H,11-15H2,1-5H3,(H,27,31). The fourth-order valence-corrected chi connectivity index (χ4v) is 6.65. The molecule has 0 spiro atoms. The maximum atomic E-state index is 13.7. The molecule has 5 nitrogen and oxygen atoms in total. The second kappa shape index (κ2) is 8.67. The van der Waals surface area contributed by atoms with Gasteiger partial charge in [-0.05, 0) is 43.1 Å². The van der Waals surface area contributed by atoms with E-state index in [4.69, 9.17) is 0 Å². The molecule has 1 aromatic rings. The van der Waals surface area contributed by atoms with Crippen LogP contribution < -0.4 is 10.6 Å². The molecule has 5 heteroatoms. The van der Waals surface area contributed by atoms with E-state index in [0.29, 0.717) is 30.2 Å². The first-order valence-electron chi connectivity index (χ1n) is 12.1. The van der Waals surface area contributed by atoms with Gasteiger partial charge < -0.3 is 5.32 Å². The summed E-state index contributed by atoms with van der Waals surface area (Å²) in [5.41, 5.74) is 0.658. The number of carbonyl (C=O) groups excluding carboxylic acids is 2. The lowest BCUT2D eigenvalue weighted by atomic mass is 9.55. The van der Waals surface area contributed by atoms with Gasteiger partial charge in [-0.1, -0.05) is 58.0 Å². The van der Waals surface area contributed by atoms with Crippen molar-refractivity contribution in [1.29, 1.82) is 0 Å². The van der Waals surface area contributed by atoms with Gasteiger partial charge in [-0.25, -0.2) is 0 Å². The number of hydrogen-bond donors (Lipinski definition) is 2. The average molecular weight is 426 g/mol. The predicted molar refractivity (Wildman–Crippen MR) is 123 cm³/mol. The van der Waals surface area contributed by atoms with E-state index in [9.17, 15) is 9.59 Å². The van der Waals surface area contributed by atoms with Gasteiger partial charge in [0.25, 0.3) is 0 Å². The summed E-state index contributed by atoms with van der Waals surface area (Å²) in [6.45, 7) is 13.0. The number of piperidine rings is 2. The van der Waals surface area contributed by atoms with Crippen LogP contribution in [0.4, 0.5) is 0 Å². The topological polar surface area (TPSA) is 61.4 Å². The second-order valence-electron chi connectivity index (χ2n) is 11.0. The Bertz CT molecular complexity index is 808. The normalized spacial score (nSPS) is 34.5. The molecule has 0 radical (unpaired) electrons. The molecule has 31 heavy (non-hydrogen) atoms. The monoisotopic (exact) mass is 425 g/mol. The lowest BCUT2D eigenvalue weighted by Crippen LogP contribution is -2.78. The fourth-order valence-electron chi connectivity index (χ4n) is 6.65. The molecule has 170 valence electrons. The van der Waals surface area contributed by atoms with Crippen LogP contribution in [0.1, 0.15) is 53.0 Å². The fraction of sp³-hybridized carbons (Fsp3) is 0.692. The van der Waals surface area contributed by atoms with Crippen LogP contribution in [0.15, 0.2) is 30.3 Å². The third kappa shape index (κ3) is 4.07. The molecule has 6 atom stereocenters. The Balaban J connectivity index is 1.71. The molecular formula is C26H39N3O2. The first kappa shape index (κ1) is 22.5. The van der Waals surface area contributed by atoms with Gasteiger partial charge in [0.2, 0.25) is 5.91 Å². The number of likely N-dealkylation sites (tertiary alicyclic amines) is 1. The van der Waals surface area contributed by atoms with Gasteiger partial charge in [0.15, 0.2) is 0 Å². The van der Waals surface area contributed by atoms with Gasteiger partial charge in [-0.2, -0.15) is 0 Å². The van der Waals surface area contributed by atoms with Crippen LogP contribution in [0.25, 0.3) is 0 Å². The van der Waals surface area contributed by atoms with Gasteiger partial charge in [-0.15, -0.1) is 0 Å². The zero-order valence-electron chi connectivity index (χ0n) is 19.7. The van der Waals surface area contributed by atoms with Gasteiger partial charge in [0.1, 0.15) is 11.3 Å². The molecule has 2 N–H and O–H groups in total. The molecule has 3 aliphatic heterocycles. The third-order valence-corrected chi connectivity index (χ3v) is 7.72. The number of Topliss-reactive ketones (excluding diaryl/α,β-unsaturated/α-hetero) is 1. The Morgan fingerprint density at radius 2 is 1.87 bits per heavy atom. The first-order valence-corrected chi connectivity index (χ1v) is 12.1. The Kier molecular flexibility index (Phi) is 6.28. The summed E-state index contributed by atoms with van der Waals surface area (Å²) >= 11 is 0. The van der Waals surface area contributed by atoms with Crippen molar-refractivity contribution >= 4 is 11.7 Å². The minimum absolute atomic E-state index is 0.104. The summed E-state index contributed by atoms with van der Waals surface area (Å²) < 4.78 is 0. The van der Waals surface area contributed by atoms with Gasteiger partial charge >= 0.3 is 0 Å². The smallest absolute Gasteiger partial charge is 0.240 e. The van der Waals surface area contributed by atoms with Crippen LogP contribution >= 0.6 is 0 Å². The van der Waals surface area contributed by atoms with Crippen molar-refractivity contribution in [2.75, 3.05) is 13.1 Å². The van der Waals surface area contributed by atoms with Gasteiger partial charge in [-0.3, -0.25) is 19.8 Å². The lowest BCUT2D eigenvalue weighted by Gasteiger charge is -2.59. The molecular weight excluding hydrogens is 386 g/mol. The molecule has 4 fully saturated rings. The molecule has 6 unspecified atom stereocenters. The number of nitrogens with zero attached hydrogens (tertiary/aromatic N) is 1. The van der Waals surface area contributed by atoms with Crippen molar-refractivity contribution < 1.29 is 9.59 Å². The van der Waals surface area contributed by atoms with Crippen molar-refractivity contribution in [1.82, 2.24) is 15.5 Å². The minimum Gasteiger partial charge on any atom is -0.354 e. The number of ketones is 1. The highest BCUT2D eigenvalue weighted by atomic mass is 16.2. The van der Waals surface area contributed by atoms with E-state index >= 15 is 0 Å². The zero-order valence-corrected chi connectivity index (χ0v) is 19.7. The number of hydrogen-bond acceptors (Lipinski definition) is 4. The Hall–Kier alpha value is -1.72. The number of carbonyl (C=O) groups is 2. The summed E-state index contributed by atoms with van der Waals surface area (Å²) in [5, 5.41) is 6.87. The molecule has 1 aliphatic carbocycles. The van der Waals surface area contributed by atoms with Gasteiger partial charge in [0.05, 0.1) is 6.04 Å². The predicted octanol–water partition coefficient (Wildman–Crippen LogP) is 3.24. The molecule has 3 saturated heterocycles. The average Bonchev–Trinajstić information content (AvgIpc) is 3.02. The summed E-state index contributed by atoms with van der Waals surface area (Å²) in [7, 11) is 0. The van der Waals surface area contributed by atoms with Crippen molar-refractivity contribution in [3.8, 4) is 0 Å². The van der Waals surface area contributed by atoms with E-state index in [0.717, 1.165) is 25.9 Å². The highest BCUT2D eigenvalue weighted by Gasteiger charge is 2.68. The van der Waals surface area contributed by atoms with Crippen molar-refractivity contribution in [3.05, 3.63) is 35.9 Å².